The van der Waals surface area contributed by atoms with Gasteiger partial charge in [-0.25, -0.2) is 0 Å². The summed E-state index contributed by atoms with van der Waals surface area (Å²) in [5.74, 6) is -0.226. The molecule has 1 aromatic carbocycles. The third-order valence-corrected chi connectivity index (χ3v) is 4.38. The van der Waals surface area contributed by atoms with Gasteiger partial charge in [0.1, 0.15) is 19.5 Å². The first kappa shape index (κ1) is 14.8. The lowest BCUT2D eigenvalue weighted by molar-refractivity contribution is -0.119. The zero-order chi connectivity index (χ0) is 15.5. The number of carbonyl (C=O) groups is 1. The van der Waals surface area contributed by atoms with Crippen molar-refractivity contribution in [2.75, 3.05) is 13.2 Å². The number of carbonyl (C=O) groups excluding carboxylic acids is 1. The molecule has 116 valence electrons. The molecule has 1 aliphatic heterocycles. The van der Waals surface area contributed by atoms with E-state index >= 15 is 0 Å². The van der Waals surface area contributed by atoms with E-state index in [-0.39, 0.29) is 5.76 Å². The lowest BCUT2D eigenvalue weighted by Gasteiger charge is -2.12. The molecule has 2 aromatic rings. The molecule has 2 heterocycles. The maximum atomic E-state index is 12.2. The second-order valence-electron chi connectivity index (χ2n) is 5.13. The zero-order valence-corrected chi connectivity index (χ0v) is 13.5. The lowest BCUT2D eigenvalue weighted by Crippen LogP contribution is -2.20. The number of hydrogen-bond acceptors (Lipinski definition) is 4. The number of amides is 1. The third-order valence-electron chi connectivity index (χ3n) is 3.34. The molecule has 0 unspecified atom stereocenters. The fourth-order valence-electron chi connectivity index (χ4n) is 2.33. The molecule has 0 atom stereocenters. The molecule has 1 aromatic heterocycles. The number of thiazole rings is 1. The first-order chi connectivity index (χ1) is 10.7. The van der Waals surface area contributed by atoms with Crippen LogP contribution in [0.3, 0.4) is 0 Å². The Kier molecular flexibility index (Phi) is 4.29. The average molecular weight is 318 g/mol. The van der Waals surface area contributed by atoms with Crippen molar-refractivity contribution in [2.24, 2.45) is 4.99 Å². The molecule has 6 heteroatoms. The number of aromatic nitrogens is 1. The highest BCUT2D eigenvalue weighted by Crippen LogP contribution is 2.19. The van der Waals surface area contributed by atoms with Crippen molar-refractivity contribution >= 4 is 27.5 Å². The highest BCUT2D eigenvalue weighted by molar-refractivity contribution is 7.16. The predicted octanol–water partition coefficient (Wildman–Crippen LogP) is 2.74. The molecular formula is C16H18N2O3S. The Morgan fingerprint density at radius 3 is 3.00 bits per heavy atom. The molecule has 0 saturated heterocycles. The van der Waals surface area contributed by atoms with Crippen LogP contribution in [0.4, 0.5) is 0 Å². The Hall–Kier alpha value is -2.08. The Labute approximate surface area is 132 Å². The van der Waals surface area contributed by atoms with E-state index in [0.29, 0.717) is 18.0 Å². The zero-order valence-electron chi connectivity index (χ0n) is 12.7. The minimum absolute atomic E-state index is 0.169. The van der Waals surface area contributed by atoms with Crippen LogP contribution in [0.2, 0.25) is 0 Å². The summed E-state index contributed by atoms with van der Waals surface area (Å²) in [5.41, 5.74) is 2.31. The van der Waals surface area contributed by atoms with Gasteiger partial charge < -0.3 is 14.0 Å². The molecule has 0 saturated carbocycles. The summed E-state index contributed by atoms with van der Waals surface area (Å²) in [5, 5.41) is 0. The summed E-state index contributed by atoms with van der Waals surface area (Å²) in [6.07, 6.45) is 2.32. The van der Waals surface area contributed by atoms with Gasteiger partial charge in [0.15, 0.2) is 4.80 Å². The number of nitrogens with zero attached hydrogens (tertiary/aromatic N) is 2. The molecule has 22 heavy (non-hydrogen) atoms. The van der Waals surface area contributed by atoms with Gasteiger partial charge in [-0.3, -0.25) is 4.79 Å². The number of rotatable bonds is 3. The van der Waals surface area contributed by atoms with Crippen molar-refractivity contribution < 1.29 is 14.3 Å². The Morgan fingerprint density at radius 1 is 1.41 bits per heavy atom. The van der Waals surface area contributed by atoms with E-state index in [0.717, 1.165) is 23.2 Å². The molecule has 1 amide bonds. The highest BCUT2D eigenvalue weighted by atomic mass is 32.1. The van der Waals surface area contributed by atoms with Crippen molar-refractivity contribution in [2.45, 2.75) is 26.8 Å². The second kappa shape index (κ2) is 6.36. The molecular weight excluding hydrogens is 300 g/mol. The van der Waals surface area contributed by atoms with E-state index in [1.165, 1.54) is 23.2 Å². The maximum absolute atomic E-state index is 12.2. The lowest BCUT2D eigenvalue weighted by atomic mass is 10.2. The van der Waals surface area contributed by atoms with Crippen LogP contribution in [0.15, 0.2) is 35.2 Å². The van der Waals surface area contributed by atoms with Gasteiger partial charge in [0.25, 0.3) is 0 Å². The quantitative estimate of drug-likeness (QED) is 0.874. The number of aryl methyl sites for hydroxylation is 2. The second-order valence-corrected chi connectivity index (χ2v) is 6.13. The van der Waals surface area contributed by atoms with E-state index in [4.69, 9.17) is 9.47 Å². The summed E-state index contributed by atoms with van der Waals surface area (Å²) in [7, 11) is 0. The van der Waals surface area contributed by atoms with E-state index in [9.17, 15) is 4.79 Å². The number of fused-ring (bicyclic) bond motifs is 1. The van der Waals surface area contributed by atoms with Crippen LogP contribution < -0.4 is 4.80 Å². The molecule has 1 aliphatic rings. The number of hydrogen-bond donors (Lipinski definition) is 0. The van der Waals surface area contributed by atoms with Gasteiger partial charge in [-0.15, -0.1) is 0 Å². The normalized spacial score (nSPS) is 15.4. The Morgan fingerprint density at radius 2 is 2.27 bits per heavy atom. The summed E-state index contributed by atoms with van der Waals surface area (Å²) in [4.78, 5) is 17.2. The van der Waals surface area contributed by atoms with Gasteiger partial charge in [0.2, 0.25) is 5.76 Å². The van der Waals surface area contributed by atoms with Crippen LogP contribution in [0.5, 0.6) is 0 Å². The first-order valence-corrected chi connectivity index (χ1v) is 8.14. The van der Waals surface area contributed by atoms with Crippen LogP contribution in [0.1, 0.15) is 18.9 Å². The van der Waals surface area contributed by atoms with Crippen molar-refractivity contribution in [3.8, 4) is 0 Å². The smallest absolute Gasteiger partial charge is 0.317 e. The van der Waals surface area contributed by atoms with Crippen molar-refractivity contribution in [1.82, 2.24) is 4.57 Å². The first-order valence-electron chi connectivity index (χ1n) is 7.32. The average Bonchev–Trinajstić information content (AvgIpc) is 2.85. The van der Waals surface area contributed by atoms with Crippen molar-refractivity contribution in [3.05, 3.63) is 40.6 Å². The van der Waals surface area contributed by atoms with E-state index in [1.54, 1.807) is 0 Å². The highest BCUT2D eigenvalue weighted by Gasteiger charge is 2.15. The minimum Gasteiger partial charge on any atom is -0.494 e. The minimum atomic E-state index is -0.396. The van der Waals surface area contributed by atoms with E-state index < -0.39 is 5.91 Å². The summed E-state index contributed by atoms with van der Waals surface area (Å²) in [6.45, 7) is 5.84. The van der Waals surface area contributed by atoms with Crippen LogP contribution in [-0.4, -0.2) is 23.7 Å². The largest absolute Gasteiger partial charge is 0.494 e. The molecule has 5 nitrogen and oxygen atoms in total. The Bertz CT molecular complexity index is 801. The van der Waals surface area contributed by atoms with Gasteiger partial charge in [0, 0.05) is 6.54 Å². The fraction of sp³-hybridized carbons (Fsp3) is 0.375. The number of benzene rings is 1. The fourth-order valence-corrected chi connectivity index (χ4v) is 3.48. The molecule has 3 rings (SSSR count). The Balaban J connectivity index is 2.08. The summed E-state index contributed by atoms with van der Waals surface area (Å²) in [6, 6.07) is 6.28. The monoisotopic (exact) mass is 318 g/mol. The van der Waals surface area contributed by atoms with Gasteiger partial charge in [-0.1, -0.05) is 24.3 Å². The molecule has 0 bridgehead atoms. The van der Waals surface area contributed by atoms with Crippen molar-refractivity contribution in [3.63, 3.8) is 0 Å². The standard InChI is InChI=1S/C16H18N2O3S/c1-3-6-18-12-5-4-11(2)9-14(12)22-16(18)17-15(19)13-10-20-7-8-21-13/h4-5,9-10H,3,6-8H2,1-2H3. The van der Waals surface area contributed by atoms with Gasteiger partial charge in [-0.05, 0) is 31.0 Å². The maximum Gasteiger partial charge on any atom is 0.317 e. The van der Waals surface area contributed by atoms with Gasteiger partial charge in [0.05, 0.1) is 10.2 Å². The van der Waals surface area contributed by atoms with E-state index in [2.05, 4.69) is 41.6 Å². The predicted molar refractivity (Wildman–Crippen MR) is 85.4 cm³/mol. The van der Waals surface area contributed by atoms with Crippen LogP contribution in [-0.2, 0) is 20.8 Å². The van der Waals surface area contributed by atoms with Gasteiger partial charge >= 0.3 is 5.91 Å². The molecule has 0 radical (unpaired) electrons. The topological polar surface area (TPSA) is 52.8 Å². The summed E-state index contributed by atoms with van der Waals surface area (Å²) >= 11 is 1.52. The summed E-state index contributed by atoms with van der Waals surface area (Å²) < 4.78 is 13.6. The number of ether oxygens (including phenoxy) is 2. The third kappa shape index (κ3) is 2.92. The van der Waals surface area contributed by atoms with Crippen LogP contribution in [0.25, 0.3) is 10.2 Å². The molecule has 0 N–H and O–H groups in total. The molecule has 0 fully saturated rings. The van der Waals surface area contributed by atoms with E-state index in [1.807, 2.05) is 0 Å². The molecule has 0 aliphatic carbocycles. The van der Waals surface area contributed by atoms with Gasteiger partial charge in [-0.2, -0.15) is 4.99 Å². The SMILES string of the molecule is CCCn1c(=NC(=O)C2=COCCO2)sc2cc(C)ccc21. The molecule has 0 spiro atoms. The van der Waals surface area contributed by atoms with Crippen LogP contribution in [0, 0.1) is 6.92 Å². The van der Waals surface area contributed by atoms with Crippen molar-refractivity contribution in [1.29, 1.82) is 0 Å². The van der Waals surface area contributed by atoms with Crippen LogP contribution >= 0.6 is 11.3 Å².